The van der Waals surface area contributed by atoms with Crippen LogP contribution in [-0.4, -0.2) is 37.3 Å². The molecular formula is C18H17Cl2NO3S. The van der Waals surface area contributed by atoms with E-state index in [-0.39, 0.29) is 11.3 Å². The fraction of sp³-hybridized carbons (Fsp3) is 0.278. The minimum Gasteiger partial charge on any atom is -0.497 e. The topological polar surface area (TPSA) is 38.8 Å². The molecule has 4 nitrogen and oxygen atoms in total. The average Bonchev–Trinajstić information content (AvgIpc) is 3.12. The summed E-state index contributed by atoms with van der Waals surface area (Å²) in [6.45, 7) is 0.635. The zero-order valence-electron chi connectivity index (χ0n) is 13.8. The van der Waals surface area contributed by atoms with E-state index < -0.39 is 0 Å². The van der Waals surface area contributed by atoms with E-state index >= 15 is 0 Å². The number of halogens is 2. The number of amides is 1. The third kappa shape index (κ3) is 3.68. The SMILES string of the molecule is COc1cc(OC)cc(C(=O)N2CCSC2c2cccc(Cl)c2Cl)c1. The van der Waals surface area contributed by atoms with Gasteiger partial charge in [0, 0.05) is 29.5 Å². The maximum Gasteiger partial charge on any atom is 0.255 e. The molecule has 7 heteroatoms. The third-order valence-corrected chi connectivity index (χ3v) is 6.07. The monoisotopic (exact) mass is 397 g/mol. The Morgan fingerprint density at radius 3 is 2.48 bits per heavy atom. The van der Waals surface area contributed by atoms with Gasteiger partial charge in [0.25, 0.3) is 5.91 Å². The van der Waals surface area contributed by atoms with Crippen molar-refractivity contribution in [3.8, 4) is 11.5 Å². The highest BCUT2D eigenvalue weighted by molar-refractivity contribution is 7.99. The van der Waals surface area contributed by atoms with Gasteiger partial charge in [-0.25, -0.2) is 0 Å². The average molecular weight is 398 g/mol. The van der Waals surface area contributed by atoms with Crippen LogP contribution in [0.15, 0.2) is 36.4 Å². The summed E-state index contributed by atoms with van der Waals surface area (Å²) < 4.78 is 10.5. The van der Waals surface area contributed by atoms with Crippen LogP contribution in [0.25, 0.3) is 0 Å². The summed E-state index contributed by atoms with van der Waals surface area (Å²) in [4.78, 5) is 14.9. The van der Waals surface area contributed by atoms with Crippen molar-refractivity contribution >= 4 is 40.9 Å². The Hall–Kier alpha value is -1.56. The highest BCUT2D eigenvalue weighted by Crippen LogP contribution is 2.43. The lowest BCUT2D eigenvalue weighted by Crippen LogP contribution is -2.30. The number of carbonyl (C=O) groups excluding carboxylic acids is 1. The number of rotatable bonds is 4. The van der Waals surface area contributed by atoms with Crippen molar-refractivity contribution in [2.45, 2.75) is 5.37 Å². The molecular weight excluding hydrogens is 381 g/mol. The molecule has 1 heterocycles. The molecule has 1 saturated heterocycles. The molecule has 2 aromatic carbocycles. The Morgan fingerprint density at radius 1 is 1.16 bits per heavy atom. The summed E-state index contributed by atoms with van der Waals surface area (Å²) in [6.07, 6.45) is 0. The first-order valence-electron chi connectivity index (χ1n) is 7.64. The number of nitrogens with zero attached hydrogens (tertiary/aromatic N) is 1. The lowest BCUT2D eigenvalue weighted by molar-refractivity contribution is 0.0759. The maximum atomic E-state index is 13.1. The van der Waals surface area contributed by atoms with E-state index in [1.54, 1.807) is 55.1 Å². The van der Waals surface area contributed by atoms with E-state index in [1.165, 1.54) is 0 Å². The molecule has 3 rings (SSSR count). The van der Waals surface area contributed by atoms with Crippen LogP contribution in [-0.2, 0) is 0 Å². The quantitative estimate of drug-likeness (QED) is 0.735. The number of hydrogen-bond donors (Lipinski definition) is 0. The number of ether oxygens (including phenoxy) is 2. The first-order chi connectivity index (χ1) is 12.0. The van der Waals surface area contributed by atoms with E-state index in [1.807, 2.05) is 12.1 Å². The predicted molar refractivity (Wildman–Crippen MR) is 102 cm³/mol. The summed E-state index contributed by atoms with van der Waals surface area (Å²) in [7, 11) is 3.12. The Morgan fingerprint density at radius 2 is 1.84 bits per heavy atom. The number of benzene rings is 2. The molecule has 1 amide bonds. The van der Waals surface area contributed by atoms with Crippen LogP contribution in [0, 0.1) is 0 Å². The zero-order chi connectivity index (χ0) is 18.0. The van der Waals surface area contributed by atoms with Crippen molar-refractivity contribution in [2.24, 2.45) is 0 Å². The smallest absolute Gasteiger partial charge is 0.255 e. The number of thioether (sulfide) groups is 1. The summed E-state index contributed by atoms with van der Waals surface area (Å²) in [6, 6.07) is 10.7. The minimum absolute atomic E-state index is 0.0942. The summed E-state index contributed by atoms with van der Waals surface area (Å²) >= 11 is 14.2. The van der Waals surface area contributed by atoms with Gasteiger partial charge in [0.05, 0.1) is 24.3 Å². The van der Waals surface area contributed by atoms with Gasteiger partial charge in [-0.1, -0.05) is 35.3 Å². The summed E-state index contributed by atoms with van der Waals surface area (Å²) in [5.74, 6) is 1.89. The van der Waals surface area contributed by atoms with Crippen molar-refractivity contribution in [3.63, 3.8) is 0 Å². The van der Waals surface area contributed by atoms with Gasteiger partial charge in [-0.2, -0.15) is 0 Å². The van der Waals surface area contributed by atoms with E-state index in [0.29, 0.717) is 33.7 Å². The standard InChI is InChI=1S/C18H17Cl2NO3S/c1-23-12-8-11(9-13(10-12)24-2)17(22)21-6-7-25-18(21)14-4-3-5-15(19)16(14)20/h3-5,8-10,18H,6-7H2,1-2H3. The van der Waals surface area contributed by atoms with E-state index in [2.05, 4.69) is 0 Å². The Kier molecular flexibility index (Phi) is 5.67. The Labute approximate surface area is 161 Å². The van der Waals surface area contributed by atoms with Gasteiger partial charge >= 0.3 is 0 Å². The second-order valence-corrected chi connectivity index (χ2v) is 7.44. The van der Waals surface area contributed by atoms with Crippen molar-refractivity contribution in [3.05, 3.63) is 57.6 Å². The molecule has 0 aromatic heterocycles. The van der Waals surface area contributed by atoms with Gasteiger partial charge in [0.1, 0.15) is 16.9 Å². The molecule has 1 unspecified atom stereocenters. The highest BCUT2D eigenvalue weighted by atomic mass is 35.5. The summed E-state index contributed by atoms with van der Waals surface area (Å²) in [5, 5.41) is 0.808. The molecule has 1 fully saturated rings. The van der Waals surface area contributed by atoms with Crippen LogP contribution in [0.5, 0.6) is 11.5 Å². The van der Waals surface area contributed by atoms with Gasteiger partial charge in [0.2, 0.25) is 0 Å². The fourth-order valence-corrected chi connectivity index (χ4v) is 4.50. The first-order valence-corrected chi connectivity index (χ1v) is 9.45. The molecule has 0 saturated carbocycles. The normalized spacial score (nSPS) is 16.8. The zero-order valence-corrected chi connectivity index (χ0v) is 16.1. The Bertz CT molecular complexity index is 778. The molecule has 0 bridgehead atoms. The molecule has 132 valence electrons. The lowest BCUT2D eigenvalue weighted by Gasteiger charge is -2.25. The van der Waals surface area contributed by atoms with Crippen LogP contribution in [0.1, 0.15) is 21.3 Å². The molecule has 2 aromatic rings. The first kappa shape index (κ1) is 18.2. The number of methoxy groups -OCH3 is 2. The number of carbonyl (C=O) groups is 1. The van der Waals surface area contributed by atoms with E-state index in [4.69, 9.17) is 32.7 Å². The van der Waals surface area contributed by atoms with Gasteiger partial charge in [-0.05, 0) is 18.2 Å². The largest absolute Gasteiger partial charge is 0.497 e. The van der Waals surface area contributed by atoms with Crippen LogP contribution in [0.3, 0.4) is 0 Å². The van der Waals surface area contributed by atoms with Crippen LogP contribution in [0.4, 0.5) is 0 Å². The molecule has 0 aliphatic carbocycles. The van der Waals surface area contributed by atoms with Crippen molar-refractivity contribution in [2.75, 3.05) is 26.5 Å². The van der Waals surface area contributed by atoms with Crippen molar-refractivity contribution < 1.29 is 14.3 Å². The third-order valence-electron chi connectivity index (χ3n) is 4.00. The van der Waals surface area contributed by atoms with Gasteiger partial charge in [-0.15, -0.1) is 11.8 Å². The Balaban J connectivity index is 1.95. The van der Waals surface area contributed by atoms with Crippen LogP contribution >= 0.6 is 35.0 Å². The fourth-order valence-electron chi connectivity index (χ4n) is 2.74. The highest BCUT2D eigenvalue weighted by Gasteiger charge is 2.33. The van der Waals surface area contributed by atoms with E-state index in [0.717, 1.165) is 11.3 Å². The molecule has 25 heavy (non-hydrogen) atoms. The van der Waals surface area contributed by atoms with Gasteiger partial charge in [-0.3, -0.25) is 4.79 Å². The molecule has 0 spiro atoms. The van der Waals surface area contributed by atoms with Gasteiger partial charge in [0.15, 0.2) is 0 Å². The second-order valence-electron chi connectivity index (χ2n) is 5.47. The molecule has 0 radical (unpaired) electrons. The van der Waals surface area contributed by atoms with Gasteiger partial charge < -0.3 is 14.4 Å². The lowest BCUT2D eigenvalue weighted by atomic mass is 10.1. The predicted octanol–water partition coefficient (Wildman–Crippen LogP) is 4.90. The van der Waals surface area contributed by atoms with Crippen LogP contribution < -0.4 is 9.47 Å². The van der Waals surface area contributed by atoms with Crippen molar-refractivity contribution in [1.29, 1.82) is 0 Å². The molecule has 1 atom stereocenters. The molecule has 1 aliphatic rings. The molecule has 1 aliphatic heterocycles. The van der Waals surface area contributed by atoms with Crippen LogP contribution in [0.2, 0.25) is 10.0 Å². The van der Waals surface area contributed by atoms with Crippen molar-refractivity contribution in [1.82, 2.24) is 4.90 Å². The molecule has 0 N–H and O–H groups in total. The number of hydrogen-bond acceptors (Lipinski definition) is 4. The minimum atomic E-state index is -0.170. The summed E-state index contributed by atoms with van der Waals surface area (Å²) in [5.41, 5.74) is 1.36. The van der Waals surface area contributed by atoms with E-state index in [9.17, 15) is 4.79 Å². The second kappa shape index (κ2) is 7.77. The maximum absolute atomic E-state index is 13.1.